The molecule has 0 saturated carbocycles. The minimum Gasteiger partial charge on any atom is -0.496 e. The van der Waals surface area contributed by atoms with Gasteiger partial charge in [-0.15, -0.1) is 0 Å². The number of primary amides is 1. The molecule has 1 heterocycles. The molecule has 3 rings (SSSR count). The molecule has 7 heteroatoms. The summed E-state index contributed by atoms with van der Waals surface area (Å²) in [6.07, 6.45) is 2.78. The number of imidazole rings is 1. The Kier molecular flexibility index (Phi) is 4.72. The van der Waals surface area contributed by atoms with E-state index in [1.165, 1.54) is 24.2 Å². The van der Waals surface area contributed by atoms with E-state index >= 15 is 4.39 Å². The van der Waals surface area contributed by atoms with E-state index in [2.05, 4.69) is 4.98 Å². The summed E-state index contributed by atoms with van der Waals surface area (Å²) in [6, 6.07) is 10.2. The van der Waals surface area contributed by atoms with Gasteiger partial charge >= 0.3 is 0 Å². The van der Waals surface area contributed by atoms with Gasteiger partial charge in [0.1, 0.15) is 17.3 Å². The Hall–Kier alpha value is -2.86. The van der Waals surface area contributed by atoms with Gasteiger partial charge in [0, 0.05) is 10.6 Å². The van der Waals surface area contributed by atoms with Crippen molar-refractivity contribution in [3.63, 3.8) is 0 Å². The van der Waals surface area contributed by atoms with Gasteiger partial charge < -0.3 is 15.0 Å². The Morgan fingerprint density at radius 1 is 1.36 bits per heavy atom. The Bertz CT molecular complexity index is 940. The fraction of sp³-hybridized carbons (Fsp3) is 0.111. The fourth-order valence-corrected chi connectivity index (χ4v) is 2.83. The molecule has 2 N–H and O–H groups in total. The zero-order valence-corrected chi connectivity index (χ0v) is 14.1. The van der Waals surface area contributed by atoms with Crippen LogP contribution in [-0.2, 0) is 6.54 Å². The quantitative estimate of drug-likeness (QED) is 0.758. The molecule has 3 aromatic rings. The zero-order valence-electron chi connectivity index (χ0n) is 13.4. The number of benzene rings is 2. The first kappa shape index (κ1) is 17.0. The molecule has 0 aliphatic rings. The molecule has 0 aliphatic heterocycles. The maximum atomic E-state index is 15.2. The third kappa shape index (κ3) is 3.34. The molecule has 2 aromatic carbocycles. The number of carbonyl (C=O) groups excluding carboxylic acids is 1. The van der Waals surface area contributed by atoms with E-state index in [0.29, 0.717) is 27.5 Å². The second-order valence-electron chi connectivity index (χ2n) is 5.40. The van der Waals surface area contributed by atoms with Gasteiger partial charge in [0.2, 0.25) is 0 Å². The smallest absolute Gasteiger partial charge is 0.266 e. The van der Waals surface area contributed by atoms with Gasteiger partial charge in [0.05, 0.1) is 31.7 Å². The number of hydrogen-bond donors (Lipinski definition) is 1. The van der Waals surface area contributed by atoms with E-state index < -0.39 is 11.7 Å². The molecule has 128 valence electrons. The zero-order chi connectivity index (χ0) is 18.0. The van der Waals surface area contributed by atoms with Crippen LogP contribution in [0.25, 0.3) is 11.1 Å². The van der Waals surface area contributed by atoms with Crippen molar-refractivity contribution in [1.29, 1.82) is 0 Å². The van der Waals surface area contributed by atoms with Crippen LogP contribution < -0.4 is 10.5 Å². The lowest BCUT2D eigenvalue weighted by Gasteiger charge is -2.14. The van der Waals surface area contributed by atoms with E-state index in [0.717, 1.165) is 0 Å². The summed E-state index contributed by atoms with van der Waals surface area (Å²) < 4.78 is 22.0. The molecule has 0 saturated heterocycles. The van der Waals surface area contributed by atoms with Crippen LogP contribution in [0.1, 0.15) is 16.1 Å². The third-order valence-corrected chi connectivity index (χ3v) is 4.06. The van der Waals surface area contributed by atoms with Crippen molar-refractivity contribution in [2.24, 2.45) is 5.73 Å². The number of nitrogens with zero attached hydrogens (tertiary/aromatic N) is 2. The van der Waals surface area contributed by atoms with Crippen LogP contribution in [0.4, 0.5) is 4.39 Å². The summed E-state index contributed by atoms with van der Waals surface area (Å²) in [5.41, 5.74) is 6.80. The van der Waals surface area contributed by atoms with Crippen molar-refractivity contribution in [2.75, 3.05) is 7.11 Å². The molecule has 0 radical (unpaired) electrons. The van der Waals surface area contributed by atoms with Crippen molar-refractivity contribution in [2.45, 2.75) is 6.54 Å². The first-order valence-electron chi connectivity index (χ1n) is 7.42. The third-order valence-electron chi connectivity index (χ3n) is 3.82. The summed E-state index contributed by atoms with van der Waals surface area (Å²) >= 11 is 6.03. The maximum Gasteiger partial charge on any atom is 0.266 e. The summed E-state index contributed by atoms with van der Waals surface area (Å²) in [7, 11) is 1.48. The highest BCUT2D eigenvalue weighted by Gasteiger charge is 2.18. The normalized spacial score (nSPS) is 10.7. The van der Waals surface area contributed by atoms with E-state index in [9.17, 15) is 4.79 Å². The number of hydrogen-bond acceptors (Lipinski definition) is 3. The van der Waals surface area contributed by atoms with Crippen molar-refractivity contribution in [1.82, 2.24) is 9.55 Å². The molecule has 0 fully saturated rings. The van der Waals surface area contributed by atoms with Crippen LogP contribution in [0, 0.1) is 5.82 Å². The predicted octanol–water partition coefficient (Wildman–Crippen LogP) is 3.50. The van der Waals surface area contributed by atoms with Crippen LogP contribution in [0.5, 0.6) is 5.75 Å². The topological polar surface area (TPSA) is 70.1 Å². The maximum absolute atomic E-state index is 15.2. The number of aromatic nitrogens is 2. The predicted molar refractivity (Wildman–Crippen MR) is 93.2 cm³/mol. The minimum absolute atomic E-state index is 0.113. The van der Waals surface area contributed by atoms with E-state index in [1.807, 2.05) is 0 Å². The molecule has 0 aliphatic carbocycles. The van der Waals surface area contributed by atoms with Crippen LogP contribution >= 0.6 is 11.6 Å². The number of carbonyl (C=O) groups is 1. The summed E-state index contributed by atoms with van der Waals surface area (Å²) in [6.45, 7) is 0.113. The Balaban J connectivity index is 2.09. The lowest BCUT2D eigenvalue weighted by atomic mass is 10.0. The number of nitrogens with two attached hydrogens (primary N) is 1. The van der Waals surface area contributed by atoms with Gasteiger partial charge in [0.15, 0.2) is 0 Å². The molecule has 0 bridgehead atoms. The highest BCUT2D eigenvalue weighted by molar-refractivity contribution is 6.30. The second kappa shape index (κ2) is 6.94. The Morgan fingerprint density at radius 2 is 2.16 bits per heavy atom. The standard InChI is InChI=1S/C18H15ClFN3O2/c1-25-15-6-5-12(9-23-10-22-8-14(23)18(21)24)17(20)16(15)11-3-2-4-13(19)7-11/h2-8,10H,9H2,1H3,(H2,21,24). The van der Waals surface area contributed by atoms with Crippen LogP contribution in [0.2, 0.25) is 5.02 Å². The van der Waals surface area contributed by atoms with Gasteiger partial charge in [-0.2, -0.15) is 0 Å². The minimum atomic E-state index is -0.624. The summed E-state index contributed by atoms with van der Waals surface area (Å²) in [5, 5.41) is 0.495. The first-order valence-corrected chi connectivity index (χ1v) is 7.80. The second-order valence-corrected chi connectivity index (χ2v) is 5.83. The Morgan fingerprint density at radius 3 is 2.84 bits per heavy atom. The van der Waals surface area contributed by atoms with Crippen LogP contribution in [0.3, 0.4) is 0 Å². The Labute approximate surface area is 148 Å². The van der Waals surface area contributed by atoms with Gasteiger partial charge in [-0.25, -0.2) is 9.37 Å². The molecule has 0 spiro atoms. The molecular formula is C18H15ClFN3O2. The van der Waals surface area contributed by atoms with Crippen molar-refractivity contribution in [3.05, 3.63) is 71.0 Å². The van der Waals surface area contributed by atoms with Gasteiger partial charge in [-0.05, 0) is 23.8 Å². The average Bonchev–Trinajstić information content (AvgIpc) is 3.05. The van der Waals surface area contributed by atoms with Gasteiger partial charge in [-0.1, -0.05) is 29.8 Å². The lowest BCUT2D eigenvalue weighted by molar-refractivity contribution is 0.0992. The molecule has 0 unspecified atom stereocenters. The number of ether oxygens (including phenoxy) is 1. The monoisotopic (exact) mass is 359 g/mol. The summed E-state index contributed by atoms with van der Waals surface area (Å²) in [4.78, 5) is 15.3. The molecule has 1 amide bonds. The highest BCUT2D eigenvalue weighted by Crippen LogP contribution is 2.35. The molecular weight excluding hydrogens is 345 g/mol. The van der Waals surface area contributed by atoms with Crippen molar-refractivity contribution in [3.8, 4) is 16.9 Å². The number of amides is 1. The van der Waals surface area contributed by atoms with E-state index in [-0.39, 0.29) is 12.2 Å². The fourth-order valence-electron chi connectivity index (χ4n) is 2.64. The van der Waals surface area contributed by atoms with Crippen LogP contribution in [-0.4, -0.2) is 22.6 Å². The largest absolute Gasteiger partial charge is 0.496 e. The van der Waals surface area contributed by atoms with E-state index in [4.69, 9.17) is 22.1 Å². The molecule has 1 aromatic heterocycles. The number of halogens is 2. The molecule has 25 heavy (non-hydrogen) atoms. The van der Waals surface area contributed by atoms with Crippen molar-refractivity contribution >= 4 is 17.5 Å². The number of methoxy groups -OCH3 is 1. The molecule has 0 atom stereocenters. The van der Waals surface area contributed by atoms with Gasteiger partial charge in [0.25, 0.3) is 5.91 Å². The number of rotatable bonds is 5. The van der Waals surface area contributed by atoms with Gasteiger partial charge in [-0.3, -0.25) is 4.79 Å². The lowest BCUT2D eigenvalue weighted by Crippen LogP contribution is -2.17. The molecule has 5 nitrogen and oxygen atoms in total. The average molecular weight is 360 g/mol. The highest BCUT2D eigenvalue weighted by atomic mass is 35.5. The first-order chi connectivity index (χ1) is 12.0. The summed E-state index contributed by atoms with van der Waals surface area (Å²) in [5.74, 6) is -0.684. The van der Waals surface area contributed by atoms with Crippen LogP contribution in [0.15, 0.2) is 48.9 Å². The van der Waals surface area contributed by atoms with E-state index in [1.54, 1.807) is 36.4 Å². The van der Waals surface area contributed by atoms with Crippen molar-refractivity contribution < 1.29 is 13.9 Å². The SMILES string of the molecule is COc1ccc(Cn2cncc2C(N)=O)c(F)c1-c1cccc(Cl)c1.